The van der Waals surface area contributed by atoms with Gasteiger partial charge in [-0.2, -0.15) is 0 Å². The van der Waals surface area contributed by atoms with Crippen LogP contribution >= 0.6 is 0 Å². The molecule has 3 aromatic carbocycles. The number of phenols is 1. The minimum atomic E-state index is -0.263. The van der Waals surface area contributed by atoms with Crippen LogP contribution in [0.2, 0.25) is 0 Å². The lowest BCUT2D eigenvalue weighted by Gasteiger charge is -2.33. The van der Waals surface area contributed by atoms with Crippen LogP contribution < -0.4 is 0 Å². The molecule has 0 fully saturated rings. The Hall–Kier alpha value is -4.48. The lowest BCUT2D eigenvalue weighted by molar-refractivity contribution is -0.148. The summed E-state index contributed by atoms with van der Waals surface area (Å²) in [6.07, 6.45) is 18.4. The summed E-state index contributed by atoms with van der Waals surface area (Å²) in [5.41, 5.74) is 20.1. The molecule has 1 atom stereocenters. The number of benzene rings is 3. The predicted octanol–water partition coefficient (Wildman–Crippen LogP) is 20.1. The normalized spacial score (nSPS) is 16.1. The summed E-state index contributed by atoms with van der Waals surface area (Å²) in [4.78, 5) is 24.3. The zero-order chi connectivity index (χ0) is 60.8. The Kier molecular flexibility index (Phi) is 22.4. The van der Waals surface area contributed by atoms with E-state index in [9.17, 15) is 14.7 Å². The van der Waals surface area contributed by atoms with E-state index in [1.807, 2.05) is 18.2 Å². The van der Waals surface area contributed by atoms with E-state index in [0.29, 0.717) is 31.3 Å². The average molecular weight is 1100 g/mol. The minimum absolute atomic E-state index is 0.0335. The van der Waals surface area contributed by atoms with Crippen LogP contribution in [0.3, 0.4) is 0 Å². The molecule has 0 heterocycles. The van der Waals surface area contributed by atoms with Crippen LogP contribution in [0.25, 0.3) is 0 Å². The Morgan fingerprint density at radius 3 is 1.69 bits per heavy atom. The number of aldehydes is 1. The third-order valence-corrected chi connectivity index (χ3v) is 17.4. The molecule has 444 valence electrons. The molecule has 0 saturated heterocycles. The number of esters is 1. The molecule has 0 aromatic heterocycles. The highest BCUT2D eigenvalue weighted by Crippen LogP contribution is 2.55. The van der Waals surface area contributed by atoms with Crippen LogP contribution in [0.15, 0.2) is 83.5 Å². The number of hydrogen-bond acceptors (Lipinski definition) is 5. The first-order valence-electron chi connectivity index (χ1n) is 30.7. The van der Waals surface area contributed by atoms with Gasteiger partial charge in [0.15, 0.2) is 0 Å². The molecule has 5 nitrogen and oxygen atoms in total. The molecular weight excluding hydrogens is 981 g/mol. The first-order valence-corrected chi connectivity index (χ1v) is 30.7. The van der Waals surface area contributed by atoms with Gasteiger partial charge in [-0.15, -0.1) is 0 Å². The smallest absolute Gasteiger partial charge is 0.309 e. The zero-order valence-corrected chi connectivity index (χ0v) is 55.5. The number of hydrogen-bond donors (Lipinski definition) is 1. The van der Waals surface area contributed by atoms with Crippen LogP contribution in [0.4, 0.5) is 0 Å². The van der Waals surface area contributed by atoms with Gasteiger partial charge in [-0.25, -0.2) is 0 Å². The minimum Gasteiger partial charge on any atom is -0.507 e. The second-order valence-corrected chi connectivity index (χ2v) is 30.8. The number of aromatic hydroxyl groups is 1. The lowest BCUT2D eigenvalue weighted by atomic mass is 9.75. The maximum Gasteiger partial charge on any atom is 0.309 e. The van der Waals surface area contributed by atoms with Crippen molar-refractivity contribution in [1.82, 2.24) is 0 Å². The number of unbranched alkanes of at least 4 members (excludes halogenated alkanes) is 3. The fourth-order valence-corrected chi connectivity index (χ4v) is 12.6. The molecule has 0 saturated carbocycles. The van der Waals surface area contributed by atoms with Gasteiger partial charge in [0, 0.05) is 29.8 Å². The van der Waals surface area contributed by atoms with Crippen LogP contribution in [0.1, 0.15) is 284 Å². The van der Waals surface area contributed by atoms with Crippen LogP contribution in [-0.4, -0.2) is 37.7 Å². The highest BCUT2D eigenvalue weighted by Gasteiger charge is 2.46. The molecule has 0 amide bonds. The van der Waals surface area contributed by atoms with Crippen molar-refractivity contribution in [2.75, 3.05) is 20.3 Å². The maximum atomic E-state index is 13.5. The molecule has 0 spiro atoms. The third kappa shape index (κ3) is 17.8. The summed E-state index contributed by atoms with van der Waals surface area (Å²) in [5.74, 6) is 0.716. The van der Waals surface area contributed by atoms with E-state index in [0.717, 1.165) is 74.3 Å². The number of allylic oxidation sites excluding steroid dienone is 6. The van der Waals surface area contributed by atoms with E-state index < -0.39 is 0 Å². The third-order valence-electron chi connectivity index (χ3n) is 17.4. The van der Waals surface area contributed by atoms with Crippen molar-refractivity contribution in [2.45, 2.75) is 269 Å². The summed E-state index contributed by atoms with van der Waals surface area (Å²) in [7, 11) is 1.79. The van der Waals surface area contributed by atoms with Crippen LogP contribution in [0.5, 0.6) is 5.75 Å². The molecule has 1 N–H and O–H groups in total. The second-order valence-electron chi connectivity index (χ2n) is 30.8. The number of fused-ring (bicyclic) bond motifs is 2. The van der Waals surface area contributed by atoms with Gasteiger partial charge in [0.25, 0.3) is 0 Å². The summed E-state index contributed by atoms with van der Waals surface area (Å²) in [6, 6.07) is 13.7. The van der Waals surface area contributed by atoms with E-state index in [1.165, 1.54) is 63.0 Å². The maximum absolute atomic E-state index is 13.5. The molecule has 2 aliphatic rings. The summed E-state index contributed by atoms with van der Waals surface area (Å²) >= 11 is 0. The summed E-state index contributed by atoms with van der Waals surface area (Å²) < 4.78 is 12.2. The lowest BCUT2D eigenvalue weighted by Crippen LogP contribution is -2.33. The van der Waals surface area contributed by atoms with Gasteiger partial charge in [0.1, 0.15) is 12.0 Å². The molecule has 0 aliphatic heterocycles. The Balaban J connectivity index is 0.000000648. The van der Waals surface area contributed by atoms with Gasteiger partial charge in [-0.3, -0.25) is 4.79 Å². The molecule has 0 bridgehead atoms. The largest absolute Gasteiger partial charge is 0.507 e. The van der Waals surface area contributed by atoms with E-state index >= 15 is 0 Å². The van der Waals surface area contributed by atoms with Gasteiger partial charge in [-0.05, 0) is 170 Å². The van der Waals surface area contributed by atoms with Crippen molar-refractivity contribution in [2.24, 2.45) is 16.2 Å². The van der Waals surface area contributed by atoms with Gasteiger partial charge in [0.05, 0.1) is 19.6 Å². The quantitative estimate of drug-likeness (QED) is 0.0318. The van der Waals surface area contributed by atoms with E-state index in [1.54, 1.807) is 23.8 Å². The number of carbonyl (C=O) groups excluding carboxylic acids is 2. The first kappa shape index (κ1) is 68.0. The number of rotatable bonds is 24. The monoisotopic (exact) mass is 1090 g/mol. The van der Waals surface area contributed by atoms with Crippen molar-refractivity contribution in [3.63, 3.8) is 0 Å². The molecular formula is C75H114O5. The second kappa shape index (κ2) is 26.4. The van der Waals surface area contributed by atoms with Crippen LogP contribution in [-0.2, 0) is 65.4 Å². The summed E-state index contributed by atoms with van der Waals surface area (Å²) in [6.45, 7) is 57.0. The number of ether oxygens (including phenoxy) is 2. The highest BCUT2D eigenvalue weighted by atomic mass is 16.5. The van der Waals surface area contributed by atoms with Gasteiger partial charge in [-0.1, -0.05) is 231 Å². The topological polar surface area (TPSA) is 72.8 Å². The molecule has 1 unspecified atom stereocenters. The SMILES string of the molecule is C=C(CCc1cc(C(C)C)c2c(c1)C2(C)C)CCC(CCCCCCc1cc(C(C)(C)C)c2c(c1)C2(C)C)(COC)COC(=O)C/C=C/C(=C(C)\C(=C/C)C(C)(C)C)C(C)(C)C.CC(C)(C)c1cc(CC=O)cc(C(C)(C)C)c1O. The Labute approximate surface area is 490 Å². The predicted molar refractivity (Wildman–Crippen MR) is 343 cm³/mol. The summed E-state index contributed by atoms with van der Waals surface area (Å²) in [5, 5.41) is 10.5. The van der Waals surface area contributed by atoms with Crippen molar-refractivity contribution >= 4 is 12.3 Å². The first-order chi connectivity index (χ1) is 36.7. The van der Waals surface area contributed by atoms with E-state index in [-0.39, 0.29) is 55.7 Å². The van der Waals surface area contributed by atoms with Gasteiger partial charge < -0.3 is 19.4 Å². The number of aryl methyl sites for hydroxylation is 2. The Morgan fingerprint density at radius 1 is 0.662 bits per heavy atom. The van der Waals surface area contributed by atoms with Gasteiger partial charge in [0.2, 0.25) is 0 Å². The van der Waals surface area contributed by atoms with Crippen molar-refractivity contribution in [3.8, 4) is 5.75 Å². The standard InChI is InChI=1S/C59H90O3.C16H24O2/c1-20-46(54(6,7)8)42(5)47(55(9,10)11)27-25-28-51(60)62-39-59(38-61-19,33-31-41(4)29-30-44-34-45(40(2)3)52-49(37-44)57(52,15)16)32-24-22-21-23-26-43-35-48(56(12,13)14)53-50(36-43)58(53,17)18;1-15(2,3)12-9-11(7-8-17)10-13(14(12)18)16(4,5)6/h20,25,27,34-37,40H,4,21-24,26,28-33,38-39H2,1-3,5-19H3;8-10,18H,7H2,1-6H3/b27-25+,46-20+,47-42+;. The Bertz CT molecular complexity index is 2710. The average Bonchev–Trinajstić information content (AvgIpc) is 4.11. The molecule has 2 aliphatic carbocycles. The van der Waals surface area contributed by atoms with Crippen LogP contribution in [0, 0.1) is 16.2 Å². The van der Waals surface area contributed by atoms with E-state index in [2.05, 4.69) is 202 Å². The molecule has 0 radical (unpaired) electrons. The number of carbonyl (C=O) groups is 2. The molecule has 3 aromatic rings. The van der Waals surface area contributed by atoms with Crippen molar-refractivity contribution < 1.29 is 24.2 Å². The van der Waals surface area contributed by atoms with Gasteiger partial charge >= 0.3 is 5.97 Å². The van der Waals surface area contributed by atoms with Crippen molar-refractivity contribution in [1.29, 1.82) is 0 Å². The molecule has 5 rings (SSSR count). The van der Waals surface area contributed by atoms with Crippen molar-refractivity contribution in [3.05, 3.63) is 145 Å². The van der Waals surface area contributed by atoms with E-state index in [4.69, 9.17) is 9.47 Å². The zero-order valence-electron chi connectivity index (χ0n) is 55.5. The molecule has 80 heavy (non-hydrogen) atoms. The fraction of sp³-hybridized carbons (Fsp3) is 0.627. The number of methoxy groups -OCH3 is 1. The highest BCUT2D eigenvalue weighted by molar-refractivity contribution is 5.71. The molecule has 5 heteroatoms. The number of phenolic OH excluding ortho intramolecular Hbond substituents is 1. The fourth-order valence-electron chi connectivity index (χ4n) is 12.6. The Morgan fingerprint density at radius 2 is 1.19 bits per heavy atom.